The number of amides is 1. The van der Waals surface area contributed by atoms with Crippen LogP contribution < -0.4 is 10.6 Å². The quantitative estimate of drug-likeness (QED) is 0.582. The van der Waals surface area contributed by atoms with Crippen molar-refractivity contribution < 1.29 is 14.7 Å². The number of rotatable bonds is 4. The second kappa shape index (κ2) is 3.90. The lowest BCUT2D eigenvalue weighted by Crippen LogP contribution is -2.39. The minimum atomic E-state index is -0.802. The number of hydrogen-bond donors (Lipinski definition) is 3. The zero-order valence-corrected chi connectivity index (χ0v) is 9.30. The first kappa shape index (κ1) is 11.1. The number of aliphatic carboxylic acids is 1. The summed E-state index contributed by atoms with van der Waals surface area (Å²) in [6.07, 6.45) is 1.33. The van der Waals surface area contributed by atoms with Crippen LogP contribution in [0.1, 0.15) is 19.8 Å². The largest absolute Gasteiger partial charge is 0.481 e. The van der Waals surface area contributed by atoms with Crippen LogP contribution in [0.4, 0.5) is 0 Å². The number of carboxylic acid groups (broad SMARTS) is 1. The van der Waals surface area contributed by atoms with Crippen molar-refractivity contribution >= 4 is 11.9 Å². The van der Waals surface area contributed by atoms with Crippen LogP contribution in [-0.2, 0) is 9.59 Å². The molecule has 2 aliphatic rings. The highest BCUT2D eigenvalue weighted by molar-refractivity contribution is 5.94. The smallest absolute Gasteiger partial charge is 0.311 e. The van der Waals surface area contributed by atoms with Crippen molar-refractivity contribution in [3.05, 3.63) is 11.1 Å². The summed E-state index contributed by atoms with van der Waals surface area (Å²) in [5.74, 6) is -0.938. The summed E-state index contributed by atoms with van der Waals surface area (Å²) in [5.41, 5.74) is 1.15. The van der Waals surface area contributed by atoms with Gasteiger partial charge in [-0.3, -0.25) is 9.59 Å². The predicted molar refractivity (Wildman–Crippen MR) is 57.9 cm³/mol. The molecule has 0 unspecified atom stereocenters. The molecule has 5 heteroatoms. The number of carbonyl (C=O) groups excluding carboxylic acids is 1. The van der Waals surface area contributed by atoms with Gasteiger partial charge in [-0.05, 0) is 25.3 Å². The summed E-state index contributed by atoms with van der Waals surface area (Å²) in [6, 6.07) is 0. The van der Waals surface area contributed by atoms with Gasteiger partial charge in [-0.1, -0.05) is 0 Å². The third-order valence-electron chi connectivity index (χ3n) is 3.44. The lowest BCUT2D eigenvalue weighted by Gasteiger charge is -2.21. The van der Waals surface area contributed by atoms with E-state index >= 15 is 0 Å². The van der Waals surface area contributed by atoms with Crippen LogP contribution in [0.2, 0.25) is 0 Å². The predicted octanol–water partition coefficient (Wildman–Crippen LogP) is -0.113. The molecule has 0 aromatic heterocycles. The van der Waals surface area contributed by atoms with Crippen molar-refractivity contribution in [1.82, 2.24) is 10.6 Å². The molecule has 1 saturated carbocycles. The highest BCUT2D eigenvalue weighted by Crippen LogP contribution is 2.45. The van der Waals surface area contributed by atoms with E-state index in [1.54, 1.807) is 6.92 Å². The molecule has 1 aliphatic carbocycles. The molecule has 1 amide bonds. The number of carboxylic acids is 1. The molecule has 2 fully saturated rings. The molecule has 0 bridgehead atoms. The van der Waals surface area contributed by atoms with E-state index in [4.69, 9.17) is 5.11 Å². The second-order valence-corrected chi connectivity index (χ2v) is 4.60. The zero-order valence-electron chi connectivity index (χ0n) is 9.30. The molecule has 88 valence electrons. The molecule has 0 aromatic rings. The van der Waals surface area contributed by atoms with E-state index in [1.807, 2.05) is 0 Å². The van der Waals surface area contributed by atoms with Gasteiger partial charge in [-0.25, -0.2) is 0 Å². The van der Waals surface area contributed by atoms with Gasteiger partial charge in [0.15, 0.2) is 0 Å². The summed E-state index contributed by atoms with van der Waals surface area (Å²) >= 11 is 0. The van der Waals surface area contributed by atoms with Crippen molar-refractivity contribution in [1.29, 1.82) is 0 Å². The zero-order chi connectivity index (χ0) is 11.8. The van der Waals surface area contributed by atoms with Gasteiger partial charge in [0.05, 0.1) is 5.41 Å². The van der Waals surface area contributed by atoms with E-state index in [1.165, 1.54) is 0 Å². The number of nitrogens with one attached hydrogen (secondary N) is 2. The first-order valence-electron chi connectivity index (χ1n) is 5.46. The molecule has 0 spiro atoms. The minimum absolute atomic E-state index is 0.135. The fourth-order valence-electron chi connectivity index (χ4n) is 1.67. The lowest BCUT2D eigenvalue weighted by molar-refractivity contribution is -0.143. The van der Waals surface area contributed by atoms with E-state index in [0.717, 1.165) is 24.2 Å². The summed E-state index contributed by atoms with van der Waals surface area (Å²) in [5, 5.41) is 14.7. The third-order valence-corrected chi connectivity index (χ3v) is 3.44. The SMILES string of the molecule is CC(C(=O)NCC1(C(=O)O)CC1)=C1CNC1. The van der Waals surface area contributed by atoms with E-state index in [9.17, 15) is 9.59 Å². The summed E-state index contributed by atoms with van der Waals surface area (Å²) < 4.78 is 0. The van der Waals surface area contributed by atoms with Crippen LogP contribution in [0.25, 0.3) is 0 Å². The average Bonchev–Trinajstić information content (AvgIpc) is 2.92. The second-order valence-electron chi connectivity index (χ2n) is 4.60. The van der Waals surface area contributed by atoms with Gasteiger partial charge < -0.3 is 15.7 Å². The molecule has 3 N–H and O–H groups in total. The Balaban J connectivity index is 1.87. The Morgan fingerprint density at radius 2 is 2.06 bits per heavy atom. The van der Waals surface area contributed by atoms with Crippen LogP contribution in [0.15, 0.2) is 11.1 Å². The van der Waals surface area contributed by atoms with Crippen molar-refractivity contribution in [2.24, 2.45) is 5.41 Å². The van der Waals surface area contributed by atoms with E-state index < -0.39 is 11.4 Å². The van der Waals surface area contributed by atoms with Gasteiger partial charge in [0.2, 0.25) is 5.91 Å². The molecule has 2 rings (SSSR count). The Labute approximate surface area is 93.9 Å². The Kier molecular flexibility index (Phi) is 2.71. The fraction of sp³-hybridized carbons (Fsp3) is 0.636. The maximum absolute atomic E-state index is 11.7. The molecule has 1 saturated heterocycles. The van der Waals surface area contributed by atoms with Crippen LogP contribution in [0, 0.1) is 5.41 Å². The fourth-order valence-corrected chi connectivity index (χ4v) is 1.67. The standard InChI is InChI=1S/C11H16N2O3/c1-7(8-4-12-5-8)9(14)13-6-11(2-3-11)10(15)16/h12H,2-6H2,1H3,(H,13,14)(H,15,16). The summed E-state index contributed by atoms with van der Waals surface area (Å²) in [7, 11) is 0. The summed E-state index contributed by atoms with van der Waals surface area (Å²) in [4.78, 5) is 22.6. The van der Waals surface area contributed by atoms with Gasteiger partial charge in [-0.2, -0.15) is 0 Å². The Morgan fingerprint density at radius 3 is 2.44 bits per heavy atom. The van der Waals surface area contributed by atoms with Crippen molar-refractivity contribution in [3.8, 4) is 0 Å². The summed E-state index contributed by atoms with van der Waals surface area (Å²) in [6.45, 7) is 3.57. The van der Waals surface area contributed by atoms with Crippen LogP contribution in [0.3, 0.4) is 0 Å². The van der Waals surface area contributed by atoms with Crippen LogP contribution in [0.5, 0.6) is 0 Å². The lowest BCUT2D eigenvalue weighted by atomic mass is 10.0. The minimum Gasteiger partial charge on any atom is -0.481 e. The molecule has 16 heavy (non-hydrogen) atoms. The maximum atomic E-state index is 11.7. The Morgan fingerprint density at radius 1 is 1.44 bits per heavy atom. The van der Waals surface area contributed by atoms with E-state index in [2.05, 4.69) is 10.6 Å². The normalized spacial score (nSPS) is 20.9. The number of carbonyl (C=O) groups is 2. The van der Waals surface area contributed by atoms with E-state index in [0.29, 0.717) is 12.8 Å². The third kappa shape index (κ3) is 1.95. The van der Waals surface area contributed by atoms with Gasteiger partial charge in [-0.15, -0.1) is 0 Å². The van der Waals surface area contributed by atoms with Gasteiger partial charge in [0.25, 0.3) is 0 Å². The van der Waals surface area contributed by atoms with E-state index in [-0.39, 0.29) is 12.5 Å². The molecule has 0 radical (unpaired) electrons. The highest BCUT2D eigenvalue weighted by Gasteiger charge is 2.50. The van der Waals surface area contributed by atoms with Gasteiger partial charge in [0, 0.05) is 25.2 Å². The molecule has 1 heterocycles. The molecular weight excluding hydrogens is 208 g/mol. The van der Waals surface area contributed by atoms with Crippen molar-refractivity contribution in [2.45, 2.75) is 19.8 Å². The Hall–Kier alpha value is -1.36. The Bertz CT molecular complexity index is 363. The first-order chi connectivity index (χ1) is 7.55. The maximum Gasteiger partial charge on any atom is 0.311 e. The molecular formula is C11H16N2O3. The topological polar surface area (TPSA) is 78.4 Å². The highest BCUT2D eigenvalue weighted by atomic mass is 16.4. The number of hydrogen-bond acceptors (Lipinski definition) is 3. The van der Waals surface area contributed by atoms with Crippen molar-refractivity contribution in [3.63, 3.8) is 0 Å². The van der Waals surface area contributed by atoms with Crippen molar-refractivity contribution in [2.75, 3.05) is 19.6 Å². The molecule has 1 aliphatic heterocycles. The van der Waals surface area contributed by atoms with Gasteiger partial charge in [0.1, 0.15) is 0 Å². The van der Waals surface area contributed by atoms with Crippen LogP contribution in [-0.4, -0.2) is 36.6 Å². The monoisotopic (exact) mass is 224 g/mol. The average molecular weight is 224 g/mol. The molecule has 5 nitrogen and oxygen atoms in total. The van der Waals surface area contributed by atoms with Gasteiger partial charge >= 0.3 is 5.97 Å². The first-order valence-corrected chi connectivity index (χ1v) is 5.46. The molecule has 0 aromatic carbocycles. The van der Waals surface area contributed by atoms with Crippen LogP contribution >= 0.6 is 0 Å². The molecule has 0 atom stereocenters.